The summed E-state index contributed by atoms with van der Waals surface area (Å²) in [5.41, 5.74) is 1.26. The second-order valence-corrected chi connectivity index (χ2v) is 10.7. The number of nitrogens with zero attached hydrogens (tertiary/aromatic N) is 1. The van der Waals surface area contributed by atoms with E-state index >= 15 is 0 Å². The molecule has 0 fully saturated rings. The zero-order chi connectivity index (χ0) is 24.1. The van der Waals surface area contributed by atoms with Crippen molar-refractivity contribution in [3.8, 4) is 11.5 Å². The molecule has 7 nitrogen and oxygen atoms in total. The number of benzene rings is 2. The molecule has 0 aliphatic rings. The number of sulfonamides is 1. The number of carbonyl (C=O) groups excluding carboxylic acids is 1. The Bertz CT molecular complexity index is 1050. The molecule has 0 bridgehead atoms. The fraction of sp³-hybridized carbons (Fsp3) is 0.435. The third-order valence-electron chi connectivity index (χ3n) is 4.83. The third-order valence-corrected chi connectivity index (χ3v) is 6.37. The topological polar surface area (TPSA) is 84.9 Å². The molecule has 0 aromatic heterocycles. The zero-order valence-corrected chi connectivity index (χ0v) is 20.9. The zero-order valence-electron chi connectivity index (χ0n) is 19.3. The molecule has 0 aliphatic heterocycles. The molecule has 0 spiro atoms. The average molecular weight is 483 g/mol. The Morgan fingerprint density at radius 3 is 2.38 bits per heavy atom. The molecule has 32 heavy (non-hydrogen) atoms. The fourth-order valence-corrected chi connectivity index (χ4v) is 4.71. The molecule has 1 N–H and O–H groups in total. The van der Waals surface area contributed by atoms with Crippen LogP contribution in [0.25, 0.3) is 0 Å². The van der Waals surface area contributed by atoms with Gasteiger partial charge in [0.05, 0.1) is 30.6 Å². The average Bonchev–Trinajstić information content (AvgIpc) is 2.69. The van der Waals surface area contributed by atoms with E-state index in [1.54, 1.807) is 12.1 Å². The van der Waals surface area contributed by atoms with Gasteiger partial charge in [-0.1, -0.05) is 50.6 Å². The van der Waals surface area contributed by atoms with Crippen LogP contribution in [-0.4, -0.2) is 46.9 Å². The SMILES string of the molecule is COc1ccc(N([C@@H](C)C(=O)NCCOc2ccccc2C(C)(C)C)S(C)(=O)=O)cc1Cl. The molecular formula is C23H31ClN2O5S. The normalized spacial score (nSPS) is 12.7. The standard InChI is InChI=1S/C23H31ClN2O5S/c1-16(26(32(6,28)29)17-11-12-21(30-5)19(24)15-17)22(27)25-13-14-31-20-10-8-7-9-18(20)23(2,3)4/h7-12,15-16H,13-14H2,1-6H3,(H,25,27)/t16-/m0/s1. The molecule has 2 aromatic rings. The number of hydrogen-bond donors (Lipinski definition) is 1. The lowest BCUT2D eigenvalue weighted by Gasteiger charge is -2.28. The van der Waals surface area contributed by atoms with Crippen LogP contribution < -0.4 is 19.1 Å². The summed E-state index contributed by atoms with van der Waals surface area (Å²) in [6.07, 6.45) is 1.04. The van der Waals surface area contributed by atoms with Gasteiger partial charge >= 0.3 is 0 Å². The lowest BCUT2D eigenvalue weighted by Crippen LogP contribution is -2.48. The summed E-state index contributed by atoms with van der Waals surface area (Å²) in [5, 5.41) is 2.99. The van der Waals surface area contributed by atoms with E-state index < -0.39 is 22.0 Å². The highest BCUT2D eigenvalue weighted by molar-refractivity contribution is 7.92. The second kappa shape index (κ2) is 10.4. The molecule has 9 heteroatoms. The molecule has 2 aromatic carbocycles. The number of nitrogens with one attached hydrogen (secondary N) is 1. The van der Waals surface area contributed by atoms with Gasteiger partial charge in [-0.3, -0.25) is 9.10 Å². The van der Waals surface area contributed by atoms with Crippen molar-refractivity contribution in [1.29, 1.82) is 0 Å². The highest BCUT2D eigenvalue weighted by Crippen LogP contribution is 2.32. The molecule has 0 saturated carbocycles. The molecule has 0 unspecified atom stereocenters. The van der Waals surface area contributed by atoms with Crippen molar-refractivity contribution in [3.05, 3.63) is 53.1 Å². The Balaban J connectivity index is 2.06. The van der Waals surface area contributed by atoms with Crippen LogP contribution in [0.4, 0.5) is 5.69 Å². The van der Waals surface area contributed by atoms with E-state index in [-0.39, 0.29) is 29.3 Å². The summed E-state index contributed by atoms with van der Waals surface area (Å²) in [4.78, 5) is 12.7. The largest absolute Gasteiger partial charge is 0.495 e. The van der Waals surface area contributed by atoms with Gasteiger partial charge in [0.2, 0.25) is 15.9 Å². The van der Waals surface area contributed by atoms with Crippen molar-refractivity contribution in [1.82, 2.24) is 5.32 Å². The number of ether oxygens (including phenoxy) is 2. The van der Waals surface area contributed by atoms with Gasteiger partial charge in [-0.05, 0) is 42.2 Å². The highest BCUT2D eigenvalue weighted by atomic mass is 35.5. The van der Waals surface area contributed by atoms with Gasteiger partial charge in [-0.25, -0.2) is 8.42 Å². The second-order valence-electron chi connectivity index (χ2n) is 8.44. The molecule has 1 amide bonds. The number of para-hydroxylation sites is 1. The van der Waals surface area contributed by atoms with Crippen LogP contribution in [0.15, 0.2) is 42.5 Å². The van der Waals surface area contributed by atoms with Crippen LogP contribution in [0.1, 0.15) is 33.3 Å². The lowest BCUT2D eigenvalue weighted by atomic mass is 9.86. The number of halogens is 1. The minimum absolute atomic E-state index is 0.0794. The number of rotatable bonds is 9. The molecule has 0 saturated heterocycles. The van der Waals surface area contributed by atoms with Crippen LogP contribution in [0, 0.1) is 0 Å². The van der Waals surface area contributed by atoms with E-state index in [0.29, 0.717) is 5.75 Å². The minimum atomic E-state index is -3.75. The van der Waals surface area contributed by atoms with Crippen molar-refractivity contribution in [2.45, 2.75) is 39.2 Å². The van der Waals surface area contributed by atoms with Crippen molar-refractivity contribution in [3.63, 3.8) is 0 Å². The van der Waals surface area contributed by atoms with E-state index in [0.717, 1.165) is 21.9 Å². The Kier molecular flexibility index (Phi) is 8.42. The van der Waals surface area contributed by atoms with Crippen LogP contribution in [0.3, 0.4) is 0 Å². The maximum Gasteiger partial charge on any atom is 0.243 e. The first-order chi connectivity index (χ1) is 14.9. The van der Waals surface area contributed by atoms with Crippen molar-refractivity contribution < 1.29 is 22.7 Å². The molecule has 1 atom stereocenters. The minimum Gasteiger partial charge on any atom is -0.495 e. The Hall–Kier alpha value is -2.45. The van der Waals surface area contributed by atoms with E-state index in [4.69, 9.17) is 21.1 Å². The fourth-order valence-electron chi connectivity index (χ4n) is 3.30. The van der Waals surface area contributed by atoms with E-state index in [2.05, 4.69) is 26.1 Å². The first kappa shape index (κ1) is 25.8. The van der Waals surface area contributed by atoms with Crippen molar-refractivity contribution in [2.24, 2.45) is 0 Å². The van der Waals surface area contributed by atoms with Crippen LogP contribution in [-0.2, 0) is 20.2 Å². The summed E-state index contributed by atoms with van der Waals surface area (Å²) in [6.45, 7) is 8.29. The third kappa shape index (κ3) is 6.53. The lowest BCUT2D eigenvalue weighted by molar-refractivity contribution is -0.121. The maximum atomic E-state index is 12.7. The summed E-state index contributed by atoms with van der Waals surface area (Å²) in [6, 6.07) is 11.3. The van der Waals surface area contributed by atoms with Crippen molar-refractivity contribution in [2.75, 3.05) is 30.8 Å². The van der Waals surface area contributed by atoms with Gasteiger partial charge in [0.25, 0.3) is 0 Å². The van der Waals surface area contributed by atoms with Crippen molar-refractivity contribution >= 4 is 33.2 Å². The molecule has 176 valence electrons. The van der Waals surface area contributed by atoms with Gasteiger partial charge in [-0.15, -0.1) is 0 Å². The van der Waals surface area contributed by atoms with E-state index in [9.17, 15) is 13.2 Å². The number of carbonyl (C=O) groups is 1. The van der Waals surface area contributed by atoms with Gasteiger partial charge in [0.1, 0.15) is 24.1 Å². The highest BCUT2D eigenvalue weighted by Gasteiger charge is 2.29. The maximum absolute atomic E-state index is 12.7. The molecule has 0 aliphatic carbocycles. The summed E-state index contributed by atoms with van der Waals surface area (Å²) < 4.78 is 36.9. The van der Waals surface area contributed by atoms with Gasteiger partial charge in [0.15, 0.2) is 0 Å². The van der Waals surface area contributed by atoms with E-state index in [1.165, 1.54) is 20.1 Å². The van der Waals surface area contributed by atoms with Crippen LogP contribution in [0.5, 0.6) is 11.5 Å². The number of amides is 1. The van der Waals surface area contributed by atoms with Gasteiger partial charge in [0, 0.05) is 0 Å². The number of hydrogen-bond acceptors (Lipinski definition) is 5. The molecule has 0 radical (unpaired) electrons. The van der Waals surface area contributed by atoms with Gasteiger partial charge in [-0.2, -0.15) is 0 Å². The first-order valence-electron chi connectivity index (χ1n) is 10.2. The van der Waals surface area contributed by atoms with Crippen LogP contribution in [0.2, 0.25) is 5.02 Å². The Morgan fingerprint density at radius 1 is 1.16 bits per heavy atom. The van der Waals surface area contributed by atoms with Gasteiger partial charge < -0.3 is 14.8 Å². The number of anilines is 1. The summed E-state index contributed by atoms with van der Waals surface area (Å²) in [7, 11) is -2.29. The smallest absolute Gasteiger partial charge is 0.243 e. The predicted molar refractivity (Wildman–Crippen MR) is 128 cm³/mol. The first-order valence-corrected chi connectivity index (χ1v) is 12.4. The summed E-state index contributed by atoms with van der Waals surface area (Å²) in [5.74, 6) is 0.719. The Morgan fingerprint density at radius 2 is 1.81 bits per heavy atom. The molecule has 2 rings (SSSR count). The van der Waals surface area contributed by atoms with Crippen LogP contribution >= 0.6 is 11.6 Å². The monoisotopic (exact) mass is 482 g/mol. The Labute approximate surface area is 195 Å². The molecule has 0 heterocycles. The quantitative estimate of drug-likeness (QED) is 0.546. The summed E-state index contributed by atoms with van der Waals surface area (Å²) >= 11 is 6.15. The number of methoxy groups -OCH3 is 1. The molecular weight excluding hydrogens is 452 g/mol. The van der Waals surface area contributed by atoms with E-state index in [1.807, 2.05) is 24.3 Å². The predicted octanol–water partition coefficient (Wildman–Crippen LogP) is 4.00.